The summed E-state index contributed by atoms with van der Waals surface area (Å²) >= 11 is 0. The van der Waals surface area contributed by atoms with E-state index >= 15 is 0 Å². The van der Waals surface area contributed by atoms with Gasteiger partial charge < -0.3 is 19.7 Å². The molecular weight excluding hydrogens is 420 g/mol. The molecule has 3 heterocycles. The van der Waals surface area contributed by atoms with Crippen LogP contribution in [0.25, 0.3) is 0 Å². The van der Waals surface area contributed by atoms with E-state index in [9.17, 15) is 18.0 Å². The number of hydrogen-bond acceptors (Lipinski definition) is 6. The smallest absolute Gasteiger partial charge is 0.227 e. The molecular formula is C22H22N2O6S. The first-order valence-corrected chi connectivity index (χ1v) is 11.9. The van der Waals surface area contributed by atoms with Gasteiger partial charge >= 0.3 is 0 Å². The van der Waals surface area contributed by atoms with E-state index in [2.05, 4.69) is 5.32 Å². The Morgan fingerprint density at radius 3 is 2.55 bits per heavy atom. The highest BCUT2D eigenvalue weighted by Gasteiger charge is 2.33. The third-order valence-electron chi connectivity index (χ3n) is 5.81. The number of nitrogens with one attached hydrogen (secondary N) is 1. The van der Waals surface area contributed by atoms with Crippen molar-refractivity contribution in [3.05, 3.63) is 41.5 Å². The fourth-order valence-electron chi connectivity index (χ4n) is 4.29. The van der Waals surface area contributed by atoms with Gasteiger partial charge in [-0.05, 0) is 48.2 Å². The number of amides is 2. The van der Waals surface area contributed by atoms with Crippen molar-refractivity contribution in [1.82, 2.24) is 0 Å². The molecule has 2 amide bonds. The maximum absolute atomic E-state index is 12.9. The lowest BCUT2D eigenvalue weighted by atomic mass is 10.00. The summed E-state index contributed by atoms with van der Waals surface area (Å²) in [7, 11) is -3.63. The molecule has 0 fully saturated rings. The summed E-state index contributed by atoms with van der Waals surface area (Å²) in [5, 5.41) is 2.72. The number of ether oxygens (including phenoxy) is 2. The van der Waals surface area contributed by atoms with E-state index in [1.54, 1.807) is 35.2 Å². The number of sulfone groups is 1. The Balaban J connectivity index is 1.27. The first-order chi connectivity index (χ1) is 14.9. The fraction of sp³-hybridized carbons (Fsp3) is 0.364. The summed E-state index contributed by atoms with van der Waals surface area (Å²) in [5.74, 6) is 0.589. The third-order valence-corrected chi connectivity index (χ3v) is 7.50. The van der Waals surface area contributed by atoms with Crippen LogP contribution in [-0.4, -0.2) is 45.7 Å². The van der Waals surface area contributed by atoms with E-state index in [0.29, 0.717) is 56.2 Å². The zero-order chi connectivity index (χ0) is 21.6. The molecule has 0 unspecified atom stereocenters. The van der Waals surface area contributed by atoms with Crippen LogP contribution in [-0.2, 0) is 32.3 Å². The molecule has 8 nitrogen and oxygen atoms in total. The highest BCUT2D eigenvalue weighted by Crippen LogP contribution is 2.38. The summed E-state index contributed by atoms with van der Waals surface area (Å²) in [6.07, 6.45) is 1.44. The van der Waals surface area contributed by atoms with Gasteiger partial charge in [0.1, 0.15) is 13.2 Å². The Bertz CT molecular complexity index is 1190. The van der Waals surface area contributed by atoms with Gasteiger partial charge in [0.25, 0.3) is 0 Å². The monoisotopic (exact) mass is 442 g/mol. The van der Waals surface area contributed by atoms with Gasteiger partial charge in [-0.2, -0.15) is 0 Å². The summed E-state index contributed by atoms with van der Waals surface area (Å²) in [4.78, 5) is 26.4. The van der Waals surface area contributed by atoms with Crippen LogP contribution < -0.4 is 19.7 Å². The molecule has 0 aromatic heterocycles. The lowest BCUT2D eigenvalue weighted by Crippen LogP contribution is -2.32. The van der Waals surface area contributed by atoms with Crippen molar-refractivity contribution >= 4 is 33.0 Å². The van der Waals surface area contributed by atoms with E-state index in [1.807, 2.05) is 0 Å². The molecule has 0 spiro atoms. The fourth-order valence-corrected chi connectivity index (χ4v) is 5.63. The molecule has 3 aliphatic rings. The average molecular weight is 442 g/mol. The summed E-state index contributed by atoms with van der Waals surface area (Å²) in [6, 6.07) is 8.39. The molecule has 0 aliphatic carbocycles. The van der Waals surface area contributed by atoms with Gasteiger partial charge in [-0.25, -0.2) is 8.42 Å². The van der Waals surface area contributed by atoms with Crippen molar-refractivity contribution in [1.29, 1.82) is 0 Å². The van der Waals surface area contributed by atoms with Gasteiger partial charge in [-0.3, -0.25) is 9.59 Å². The third kappa shape index (κ3) is 3.74. The Morgan fingerprint density at radius 2 is 1.74 bits per heavy atom. The van der Waals surface area contributed by atoms with Gasteiger partial charge in [0.05, 0.1) is 16.3 Å². The molecule has 2 aromatic rings. The Morgan fingerprint density at radius 1 is 1.00 bits per heavy atom. The van der Waals surface area contributed by atoms with Crippen LogP contribution in [0.15, 0.2) is 35.2 Å². The molecule has 2 aromatic carbocycles. The second-order valence-electron chi connectivity index (χ2n) is 7.86. The molecule has 0 saturated carbocycles. The largest absolute Gasteiger partial charge is 0.486 e. The number of fused-ring (bicyclic) bond motifs is 1. The summed E-state index contributed by atoms with van der Waals surface area (Å²) in [5.41, 5.74) is 3.20. The predicted molar refractivity (Wildman–Crippen MR) is 114 cm³/mol. The van der Waals surface area contributed by atoms with Crippen LogP contribution in [0.1, 0.15) is 24.0 Å². The number of benzene rings is 2. The van der Waals surface area contributed by atoms with Crippen LogP contribution in [0.3, 0.4) is 0 Å². The minimum absolute atomic E-state index is 0.0951. The van der Waals surface area contributed by atoms with E-state index in [0.717, 1.165) is 16.8 Å². The first kappa shape index (κ1) is 19.9. The average Bonchev–Trinajstić information content (AvgIpc) is 3.20. The first-order valence-electron chi connectivity index (χ1n) is 10.3. The van der Waals surface area contributed by atoms with Crippen LogP contribution in [0.4, 0.5) is 11.4 Å². The zero-order valence-electron chi connectivity index (χ0n) is 16.8. The predicted octanol–water partition coefficient (Wildman–Crippen LogP) is 2.10. The SMILES string of the molecule is O=C(CCS(=O)(=O)c1cc2c3c(c1)CCN3C(=O)CC2)Nc1ccc2c(c1)OCCO2. The van der Waals surface area contributed by atoms with Gasteiger partial charge in [0, 0.05) is 31.1 Å². The number of carbonyl (C=O) groups is 2. The molecule has 9 heteroatoms. The van der Waals surface area contributed by atoms with Crippen LogP contribution in [0.5, 0.6) is 11.5 Å². The molecule has 3 aliphatic heterocycles. The minimum atomic E-state index is -3.63. The maximum Gasteiger partial charge on any atom is 0.227 e. The number of hydrogen-bond donors (Lipinski definition) is 1. The van der Waals surface area contributed by atoms with Gasteiger partial charge in [-0.15, -0.1) is 0 Å². The molecule has 0 saturated heterocycles. The maximum atomic E-state index is 12.9. The van der Waals surface area contributed by atoms with Crippen molar-refractivity contribution < 1.29 is 27.5 Å². The number of aryl methyl sites for hydroxylation is 1. The number of carbonyl (C=O) groups excluding carboxylic acids is 2. The highest BCUT2D eigenvalue weighted by atomic mass is 32.2. The van der Waals surface area contributed by atoms with E-state index in [-0.39, 0.29) is 28.9 Å². The zero-order valence-corrected chi connectivity index (χ0v) is 17.7. The standard InChI is InChI=1S/C22H22N2O6S/c25-20(23-16-2-3-18-19(13-16)30-9-8-29-18)6-10-31(27,28)17-11-14-1-4-21(26)24-7-5-15(12-17)22(14)24/h2-3,11-13H,1,4-10H2,(H,23,25). The quantitative estimate of drug-likeness (QED) is 0.761. The number of nitrogens with zero attached hydrogens (tertiary/aromatic N) is 1. The number of rotatable bonds is 5. The second kappa shape index (κ2) is 7.56. The van der Waals surface area contributed by atoms with Crippen molar-refractivity contribution in [2.45, 2.75) is 30.6 Å². The molecule has 162 valence electrons. The van der Waals surface area contributed by atoms with Crippen molar-refractivity contribution in [3.8, 4) is 11.5 Å². The van der Waals surface area contributed by atoms with Crippen molar-refractivity contribution in [2.24, 2.45) is 0 Å². The summed E-state index contributed by atoms with van der Waals surface area (Å²) < 4.78 is 36.8. The van der Waals surface area contributed by atoms with E-state index in [4.69, 9.17) is 9.47 Å². The highest BCUT2D eigenvalue weighted by molar-refractivity contribution is 7.91. The molecule has 0 atom stereocenters. The summed E-state index contributed by atoms with van der Waals surface area (Å²) in [6.45, 7) is 1.52. The minimum Gasteiger partial charge on any atom is -0.486 e. The Hall–Kier alpha value is -3.07. The van der Waals surface area contributed by atoms with E-state index in [1.165, 1.54) is 0 Å². The second-order valence-corrected chi connectivity index (χ2v) is 9.97. The van der Waals surface area contributed by atoms with Crippen LogP contribution >= 0.6 is 0 Å². The van der Waals surface area contributed by atoms with Crippen molar-refractivity contribution in [3.63, 3.8) is 0 Å². The van der Waals surface area contributed by atoms with Gasteiger partial charge in [-0.1, -0.05) is 0 Å². The topological polar surface area (TPSA) is 102 Å². The Kier molecular flexibility index (Phi) is 4.85. The van der Waals surface area contributed by atoms with E-state index < -0.39 is 9.84 Å². The number of anilines is 2. The Labute approximate surface area is 180 Å². The van der Waals surface area contributed by atoms with Crippen LogP contribution in [0, 0.1) is 0 Å². The van der Waals surface area contributed by atoms with Crippen molar-refractivity contribution in [2.75, 3.05) is 35.7 Å². The van der Waals surface area contributed by atoms with Gasteiger partial charge in [0.2, 0.25) is 11.8 Å². The molecule has 1 N–H and O–H groups in total. The van der Waals surface area contributed by atoms with Gasteiger partial charge in [0.15, 0.2) is 21.3 Å². The molecule has 31 heavy (non-hydrogen) atoms. The lowest BCUT2D eigenvalue weighted by molar-refractivity contribution is -0.119. The van der Waals surface area contributed by atoms with Crippen LogP contribution in [0.2, 0.25) is 0 Å². The normalized spacial score (nSPS) is 16.8. The lowest BCUT2D eigenvalue weighted by Gasteiger charge is -2.25. The molecule has 0 radical (unpaired) electrons. The molecule has 0 bridgehead atoms. The molecule has 5 rings (SSSR count).